The summed E-state index contributed by atoms with van der Waals surface area (Å²) in [5.41, 5.74) is 0.806. The molecule has 0 atom stereocenters. The van der Waals surface area contributed by atoms with Gasteiger partial charge in [-0.05, 0) is 43.3 Å². The minimum atomic E-state index is 0.449. The molecule has 1 aliphatic carbocycles. The molecule has 25 heavy (non-hydrogen) atoms. The van der Waals surface area contributed by atoms with E-state index in [-0.39, 0.29) is 0 Å². The molecule has 1 aromatic rings. The van der Waals surface area contributed by atoms with Crippen molar-refractivity contribution in [3.8, 4) is 5.75 Å². The molecule has 5 heteroatoms. The fourth-order valence-electron chi connectivity index (χ4n) is 3.43. The van der Waals surface area contributed by atoms with Gasteiger partial charge in [-0.25, -0.2) is 0 Å². The summed E-state index contributed by atoms with van der Waals surface area (Å²) in [6.45, 7) is 0. The van der Waals surface area contributed by atoms with Crippen molar-refractivity contribution in [2.75, 3.05) is 12.4 Å². The van der Waals surface area contributed by atoms with Gasteiger partial charge in [-0.15, -0.1) is 0 Å². The first kappa shape index (κ1) is 20.3. The Morgan fingerprint density at radius 2 is 1.56 bits per heavy atom. The first-order valence-corrected chi connectivity index (χ1v) is 10.4. The molecule has 3 nitrogen and oxygen atoms in total. The van der Waals surface area contributed by atoms with Crippen molar-refractivity contribution in [3.05, 3.63) is 23.2 Å². The smallest absolute Gasteiger partial charge is 0.171 e. The highest BCUT2D eigenvalue weighted by Gasteiger charge is 2.12. The molecule has 0 unspecified atom stereocenters. The van der Waals surface area contributed by atoms with E-state index < -0.39 is 0 Å². The van der Waals surface area contributed by atoms with Gasteiger partial charge < -0.3 is 15.4 Å². The molecule has 2 rings (SSSR count). The molecule has 1 aliphatic rings. The summed E-state index contributed by atoms with van der Waals surface area (Å²) in [5.74, 6) is 0.743. The molecule has 0 radical (unpaired) electrons. The number of ether oxygens (including phenoxy) is 1. The third-order valence-corrected chi connectivity index (χ3v) is 5.31. The second kappa shape index (κ2) is 11.6. The van der Waals surface area contributed by atoms with Gasteiger partial charge in [0.05, 0.1) is 12.8 Å². The maximum Gasteiger partial charge on any atom is 0.171 e. The lowest BCUT2D eigenvalue weighted by molar-refractivity contribution is 0.416. The monoisotopic (exact) mass is 382 g/mol. The van der Waals surface area contributed by atoms with Crippen molar-refractivity contribution in [1.82, 2.24) is 5.32 Å². The van der Waals surface area contributed by atoms with Crippen molar-refractivity contribution in [3.63, 3.8) is 0 Å². The summed E-state index contributed by atoms with van der Waals surface area (Å²) in [5, 5.41) is 8.07. The lowest BCUT2D eigenvalue weighted by atomic mass is 9.98. The number of nitrogens with one attached hydrogen (secondary N) is 2. The van der Waals surface area contributed by atoms with Crippen molar-refractivity contribution >= 4 is 34.6 Å². The molecule has 0 bridgehead atoms. The van der Waals surface area contributed by atoms with Crippen molar-refractivity contribution in [2.45, 2.75) is 76.7 Å². The van der Waals surface area contributed by atoms with Gasteiger partial charge in [0, 0.05) is 11.1 Å². The standard InChI is InChI=1S/C20H31ClN2OS/c1-24-19-14-13-16(21)15-18(19)23-20(25)22-17-11-9-7-5-3-2-4-6-8-10-12-17/h13-15,17H,2-12H2,1H3,(H2,22,23,25). The Labute approximate surface area is 162 Å². The number of hydrogen-bond acceptors (Lipinski definition) is 2. The van der Waals surface area contributed by atoms with E-state index in [1.807, 2.05) is 18.2 Å². The third-order valence-electron chi connectivity index (χ3n) is 4.85. The van der Waals surface area contributed by atoms with Crippen LogP contribution in [0, 0.1) is 0 Å². The lowest BCUT2D eigenvalue weighted by Crippen LogP contribution is -2.37. The van der Waals surface area contributed by atoms with Gasteiger partial charge in [-0.2, -0.15) is 0 Å². The summed E-state index contributed by atoms with van der Waals surface area (Å²) in [4.78, 5) is 0. The van der Waals surface area contributed by atoms with Gasteiger partial charge in [0.25, 0.3) is 0 Å². The maximum atomic E-state index is 6.09. The van der Waals surface area contributed by atoms with Crippen LogP contribution in [-0.2, 0) is 0 Å². The van der Waals surface area contributed by atoms with E-state index in [2.05, 4.69) is 10.6 Å². The van der Waals surface area contributed by atoms with E-state index in [9.17, 15) is 0 Å². The average Bonchev–Trinajstić information content (AvgIpc) is 2.57. The van der Waals surface area contributed by atoms with E-state index in [1.54, 1.807) is 7.11 Å². The number of rotatable bonds is 3. The summed E-state index contributed by atoms with van der Waals surface area (Å²) >= 11 is 11.6. The zero-order chi connectivity index (χ0) is 17.9. The fourth-order valence-corrected chi connectivity index (χ4v) is 3.88. The van der Waals surface area contributed by atoms with Gasteiger partial charge in [-0.1, -0.05) is 69.4 Å². The number of benzene rings is 1. The number of halogens is 1. The Bertz CT molecular complexity index is 526. The van der Waals surface area contributed by atoms with Gasteiger partial charge in [0.1, 0.15) is 5.75 Å². The summed E-state index contributed by atoms with van der Waals surface area (Å²) in [7, 11) is 1.65. The average molecular weight is 383 g/mol. The zero-order valence-corrected chi connectivity index (χ0v) is 16.9. The topological polar surface area (TPSA) is 33.3 Å². The van der Waals surface area contributed by atoms with Crippen LogP contribution in [0.15, 0.2) is 18.2 Å². The van der Waals surface area contributed by atoms with E-state index in [0.717, 1.165) is 11.4 Å². The van der Waals surface area contributed by atoms with Gasteiger partial charge >= 0.3 is 0 Å². The Balaban J connectivity index is 1.88. The molecule has 1 fully saturated rings. The SMILES string of the molecule is COc1ccc(Cl)cc1NC(=S)NC1CCCCCCCCCCC1. The summed E-state index contributed by atoms with van der Waals surface area (Å²) in [6.07, 6.45) is 14.5. The third kappa shape index (κ3) is 7.83. The first-order valence-electron chi connectivity index (χ1n) is 9.60. The Kier molecular flexibility index (Phi) is 9.41. The van der Waals surface area contributed by atoms with E-state index in [4.69, 9.17) is 28.6 Å². The Hall–Kier alpha value is -1.00. The fraction of sp³-hybridized carbons (Fsp3) is 0.650. The molecular weight excluding hydrogens is 352 g/mol. The van der Waals surface area contributed by atoms with Crippen LogP contribution >= 0.6 is 23.8 Å². The normalized spacial score (nSPS) is 17.8. The quantitative estimate of drug-likeness (QED) is 0.600. The molecule has 0 amide bonds. The van der Waals surface area contributed by atoms with Crippen molar-refractivity contribution < 1.29 is 4.74 Å². The van der Waals surface area contributed by atoms with Gasteiger partial charge in [-0.3, -0.25) is 0 Å². The van der Waals surface area contributed by atoms with Crippen LogP contribution in [0.3, 0.4) is 0 Å². The molecule has 0 saturated heterocycles. The minimum absolute atomic E-state index is 0.449. The largest absolute Gasteiger partial charge is 0.495 e. The first-order chi connectivity index (χ1) is 12.2. The maximum absolute atomic E-state index is 6.09. The highest BCUT2D eigenvalue weighted by atomic mass is 35.5. The Morgan fingerprint density at radius 3 is 2.12 bits per heavy atom. The predicted molar refractivity (Wildman–Crippen MR) is 112 cm³/mol. The van der Waals surface area contributed by atoms with Crippen LogP contribution in [0.2, 0.25) is 5.02 Å². The second-order valence-corrected chi connectivity index (χ2v) is 7.74. The predicted octanol–water partition coefficient (Wildman–Crippen LogP) is 6.31. The zero-order valence-electron chi connectivity index (χ0n) is 15.3. The van der Waals surface area contributed by atoms with Crippen LogP contribution in [0.25, 0.3) is 0 Å². The van der Waals surface area contributed by atoms with Gasteiger partial charge in [0.2, 0.25) is 0 Å². The van der Waals surface area contributed by atoms with Crippen LogP contribution in [-0.4, -0.2) is 18.3 Å². The number of hydrogen-bond donors (Lipinski definition) is 2. The van der Waals surface area contributed by atoms with Crippen LogP contribution in [0.5, 0.6) is 5.75 Å². The van der Waals surface area contributed by atoms with Crippen LogP contribution in [0.4, 0.5) is 5.69 Å². The molecular formula is C20H31ClN2OS. The molecule has 140 valence electrons. The Morgan fingerprint density at radius 1 is 1.00 bits per heavy atom. The van der Waals surface area contributed by atoms with Crippen LogP contribution < -0.4 is 15.4 Å². The molecule has 1 saturated carbocycles. The van der Waals surface area contributed by atoms with Gasteiger partial charge in [0.15, 0.2) is 5.11 Å². The molecule has 2 N–H and O–H groups in total. The summed E-state index contributed by atoms with van der Waals surface area (Å²) < 4.78 is 5.38. The van der Waals surface area contributed by atoms with Crippen LogP contribution in [0.1, 0.15) is 70.6 Å². The number of anilines is 1. The molecule has 0 aliphatic heterocycles. The minimum Gasteiger partial charge on any atom is -0.495 e. The lowest BCUT2D eigenvalue weighted by Gasteiger charge is -2.22. The van der Waals surface area contributed by atoms with Crippen molar-refractivity contribution in [1.29, 1.82) is 0 Å². The molecule has 1 aromatic carbocycles. The molecule has 0 heterocycles. The van der Waals surface area contributed by atoms with E-state index in [0.29, 0.717) is 16.2 Å². The highest BCUT2D eigenvalue weighted by Crippen LogP contribution is 2.27. The van der Waals surface area contributed by atoms with E-state index >= 15 is 0 Å². The number of thiocarbonyl (C=S) groups is 1. The number of methoxy groups -OCH3 is 1. The molecule has 0 spiro atoms. The van der Waals surface area contributed by atoms with E-state index in [1.165, 1.54) is 70.6 Å². The second-order valence-electron chi connectivity index (χ2n) is 6.90. The highest BCUT2D eigenvalue weighted by molar-refractivity contribution is 7.80. The molecule has 0 aromatic heterocycles. The summed E-state index contributed by atoms with van der Waals surface area (Å²) in [6, 6.07) is 5.96. The van der Waals surface area contributed by atoms with Crippen molar-refractivity contribution in [2.24, 2.45) is 0 Å².